The van der Waals surface area contributed by atoms with Crippen LogP contribution in [0, 0.1) is 23.4 Å². The number of fused-ring (bicyclic) bond motifs is 1. The minimum Gasteiger partial charge on any atom is -0.394 e. The monoisotopic (exact) mass is 417 g/mol. The number of amides is 1. The zero-order valence-corrected chi connectivity index (χ0v) is 16.1. The smallest absolute Gasteiger partial charge is 0.239 e. The van der Waals surface area contributed by atoms with Gasteiger partial charge in [0, 0.05) is 18.0 Å². The van der Waals surface area contributed by atoms with Crippen LogP contribution in [0.3, 0.4) is 0 Å². The molecule has 5 N–H and O–H groups in total. The Balaban J connectivity index is 1.61. The van der Waals surface area contributed by atoms with Crippen LogP contribution in [0.15, 0.2) is 36.4 Å². The van der Waals surface area contributed by atoms with E-state index in [1.807, 2.05) is 0 Å². The Hall–Kier alpha value is -2.84. The van der Waals surface area contributed by atoms with Gasteiger partial charge in [-0.25, -0.2) is 13.2 Å². The lowest BCUT2D eigenvalue weighted by molar-refractivity contribution is -0.123. The van der Waals surface area contributed by atoms with Crippen LogP contribution in [0.1, 0.15) is 24.3 Å². The number of aromatic nitrogens is 1. The van der Waals surface area contributed by atoms with E-state index in [9.17, 15) is 18.0 Å². The van der Waals surface area contributed by atoms with Crippen molar-refractivity contribution in [1.82, 2.24) is 10.3 Å². The van der Waals surface area contributed by atoms with Gasteiger partial charge in [-0.2, -0.15) is 0 Å². The maximum atomic E-state index is 14.4. The second kappa shape index (κ2) is 8.12. The minimum absolute atomic E-state index is 0.0356. The molecule has 1 fully saturated rings. The third-order valence-electron chi connectivity index (χ3n) is 5.74. The van der Waals surface area contributed by atoms with Crippen LogP contribution in [0.5, 0.6) is 0 Å². The summed E-state index contributed by atoms with van der Waals surface area (Å²) in [4.78, 5) is 14.8. The summed E-state index contributed by atoms with van der Waals surface area (Å²) in [5.74, 6) is -1.91. The van der Waals surface area contributed by atoms with E-state index in [0.29, 0.717) is 36.0 Å². The van der Waals surface area contributed by atoms with Crippen LogP contribution >= 0.6 is 0 Å². The van der Waals surface area contributed by atoms with Gasteiger partial charge in [-0.05, 0) is 66.1 Å². The number of carbonyl (C=O) groups is 1. The van der Waals surface area contributed by atoms with Gasteiger partial charge in [-0.3, -0.25) is 4.79 Å². The number of nitrogens with two attached hydrogens (primary N) is 1. The Morgan fingerprint density at radius 1 is 1.17 bits per heavy atom. The molecule has 1 atom stereocenters. The molecule has 1 aliphatic rings. The maximum Gasteiger partial charge on any atom is 0.239 e. The molecular formula is C22H22F3N3O2. The van der Waals surface area contributed by atoms with Crippen LogP contribution in [-0.4, -0.2) is 35.2 Å². The van der Waals surface area contributed by atoms with E-state index < -0.39 is 30.2 Å². The average molecular weight is 417 g/mol. The van der Waals surface area contributed by atoms with Crippen LogP contribution < -0.4 is 11.1 Å². The first-order valence-electron chi connectivity index (χ1n) is 9.78. The topological polar surface area (TPSA) is 91.1 Å². The van der Waals surface area contributed by atoms with Gasteiger partial charge in [-0.15, -0.1) is 0 Å². The number of aliphatic hydroxyl groups excluding tert-OH is 1. The number of carbonyl (C=O) groups excluding carboxylic acids is 1. The molecule has 30 heavy (non-hydrogen) atoms. The Kier molecular flexibility index (Phi) is 5.53. The van der Waals surface area contributed by atoms with Crippen molar-refractivity contribution in [2.75, 3.05) is 13.2 Å². The van der Waals surface area contributed by atoms with Crippen molar-refractivity contribution in [3.8, 4) is 11.3 Å². The van der Waals surface area contributed by atoms with Gasteiger partial charge in [0.1, 0.15) is 23.5 Å². The van der Waals surface area contributed by atoms with Crippen LogP contribution in [0.4, 0.5) is 13.2 Å². The van der Waals surface area contributed by atoms with Crippen molar-refractivity contribution in [3.63, 3.8) is 0 Å². The predicted octanol–water partition coefficient (Wildman–Crippen LogP) is 3.18. The van der Waals surface area contributed by atoms with E-state index in [4.69, 9.17) is 10.8 Å². The molecule has 158 valence electrons. The highest BCUT2D eigenvalue weighted by Gasteiger charge is 2.35. The summed E-state index contributed by atoms with van der Waals surface area (Å²) in [6.07, 6.45) is 1.43. The molecule has 1 aliphatic carbocycles. The molecule has 0 saturated heterocycles. The molecule has 1 aromatic heterocycles. The number of benzene rings is 2. The lowest BCUT2D eigenvalue weighted by atomic mass is 9.70. The molecule has 1 amide bonds. The van der Waals surface area contributed by atoms with Crippen molar-refractivity contribution in [3.05, 3.63) is 59.4 Å². The van der Waals surface area contributed by atoms with Crippen molar-refractivity contribution < 1.29 is 23.1 Å². The van der Waals surface area contributed by atoms with Gasteiger partial charge in [0.05, 0.1) is 17.8 Å². The third-order valence-corrected chi connectivity index (χ3v) is 5.74. The molecule has 8 heteroatoms. The first-order valence-corrected chi connectivity index (χ1v) is 9.78. The predicted molar refractivity (Wildman–Crippen MR) is 107 cm³/mol. The van der Waals surface area contributed by atoms with E-state index in [-0.39, 0.29) is 23.2 Å². The number of nitrogens with one attached hydrogen (secondary N) is 2. The highest BCUT2D eigenvalue weighted by Crippen LogP contribution is 2.48. The van der Waals surface area contributed by atoms with Crippen LogP contribution in [-0.2, 0) is 4.79 Å². The lowest BCUT2D eigenvalue weighted by Crippen LogP contribution is -2.45. The molecule has 0 bridgehead atoms. The zero-order chi connectivity index (χ0) is 21.4. The quantitative estimate of drug-likeness (QED) is 0.497. The number of halogens is 3. The van der Waals surface area contributed by atoms with Crippen molar-refractivity contribution >= 4 is 16.8 Å². The van der Waals surface area contributed by atoms with E-state index >= 15 is 0 Å². The number of hydrogen-bond donors (Lipinski definition) is 4. The summed E-state index contributed by atoms with van der Waals surface area (Å²) in [7, 11) is 0. The molecule has 4 rings (SSSR count). The summed E-state index contributed by atoms with van der Waals surface area (Å²) >= 11 is 0. The largest absolute Gasteiger partial charge is 0.394 e. The summed E-state index contributed by atoms with van der Waals surface area (Å²) in [5, 5.41) is 12.1. The van der Waals surface area contributed by atoms with Gasteiger partial charge in [0.2, 0.25) is 5.91 Å². The molecule has 0 unspecified atom stereocenters. The Morgan fingerprint density at radius 3 is 2.53 bits per heavy atom. The van der Waals surface area contributed by atoms with Crippen molar-refractivity contribution in [1.29, 1.82) is 0 Å². The number of hydrogen-bond acceptors (Lipinski definition) is 3. The Bertz CT molecular complexity index is 1080. The highest BCUT2D eigenvalue weighted by molar-refractivity contribution is 5.92. The Labute approximate surface area is 171 Å². The molecule has 1 saturated carbocycles. The first kappa shape index (κ1) is 20.4. The molecule has 0 spiro atoms. The van der Waals surface area contributed by atoms with E-state index in [2.05, 4.69) is 10.3 Å². The molecule has 1 heterocycles. The normalized spacial score (nSPS) is 19.5. The van der Waals surface area contributed by atoms with Crippen molar-refractivity contribution in [2.24, 2.45) is 11.7 Å². The van der Waals surface area contributed by atoms with Crippen LogP contribution in [0.2, 0.25) is 0 Å². The van der Waals surface area contributed by atoms with Gasteiger partial charge >= 0.3 is 0 Å². The second-order valence-electron chi connectivity index (χ2n) is 7.80. The lowest BCUT2D eigenvalue weighted by Gasteiger charge is -2.36. The fourth-order valence-corrected chi connectivity index (χ4v) is 4.11. The average Bonchev–Trinajstić information content (AvgIpc) is 3.06. The number of aromatic amines is 1. The Morgan fingerprint density at radius 2 is 1.87 bits per heavy atom. The fraction of sp³-hybridized carbons (Fsp3) is 0.318. The fourth-order valence-electron chi connectivity index (χ4n) is 4.11. The molecule has 3 aromatic rings. The number of H-pyrrole nitrogens is 1. The summed E-state index contributed by atoms with van der Waals surface area (Å²) in [5.41, 5.74) is 7.83. The third kappa shape index (κ3) is 3.80. The molecule has 0 radical (unpaired) electrons. The maximum absolute atomic E-state index is 14.4. The van der Waals surface area contributed by atoms with Gasteiger partial charge in [0.15, 0.2) is 0 Å². The number of aliphatic hydroxyl groups is 1. The molecular weight excluding hydrogens is 395 g/mol. The summed E-state index contributed by atoms with van der Waals surface area (Å²) in [6, 6.07) is 7.05. The van der Waals surface area contributed by atoms with E-state index in [1.165, 1.54) is 18.2 Å². The SMILES string of the molecule is N[C@H](CO)C(=O)NCC1CC(c2c(-c3ccc(F)cc3)[nH]c3c(F)cc(F)cc23)C1. The molecule has 0 aliphatic heterocycles. The van der Waals surface area contributed by atoms with E-state index in [0.717, 1.165) is 11.6 Å². The molecule has 2 aromatic carbocycles. The highest BCUT2D eigenvalue weighted by atomic mass is 19.1. The van der Waals surface area contributed by atoms with Crippen LogP contribution in [0.25, 0.3) is 22.2 Å². The number of rotatable bonds is 6. The second-order valence-corrected chi connectivity index (χ2v) is 7.80. The van der Waals surface area contributed by atoms with Gasteiger partial charge in [0.25, 0.3) is 0 Å². The van der Waals surface area contributed by atoms with Gasteiger partial charge < -0.3 is 21.1 Å². The standard InChI is InChI=1S/C22H22F3N3O2/c23-14-3-1-12(2-4-14)20-19(16-7-15(24)8-17(25)21(16)28-20)13-5-11(6-13)9-27-22(30)18(26)10-29/h1-4,7-8,11,13,18,28-29H,5-6,9-10,26H2,(H,27,30)/t11?,13?,18-/m1/s1. The summed E-state index contributed by atoms with van der Waals surface area (Å²) in [6.45, 7) is -0.00733. The zero-order valence-electron chi connectivity index (χ0n) is 16.1. The van der Waals surface area contributed by atoms with E-state index in [1.54, 1.807) is 12.1 Å². The molecule has 5 nitrogen and oxygen atoms in total. The summed E-state index contributed by atoms with van der Waals surface area (Å²) < 4.78 is 41.7. The first-order chi connectivity index (χ1) is 14.4. The van der Waals surface area contributed by atoms with Crippen molar-refractivity contribution in [2.45, 2.75) is 24.8 Å². The minimum atomic E-state index is -0.953. The van der Waals surface area contributed by atoms with Gasteiger partial charge in [-0.1, -0.05) is 0 Å².